The number of thiophene rings is 1. The number of anilines is 1. The highest BCUT2D eigenvalue weighted by Gasteiger charge is 2.25. The van der Waals surface area contributed by atoms with Gasteiger partial charge in [-0.3, -0.25) is 9.59 Å². The van der Waals surface area contributed by atoms with Crippen LogP contribution in [0.3, 0.4) is 0 Å². The summed E-state index contributed by atoms with van der Waals surface area (Å²) in [6.07, 6.45) is 0.935. The van der Waals surface area contributed by atoms with Crippen molar-refractivity contribution in [1.29, 1.82) is 0 Å². The maximum Gasteiger partial charge on any atom is 0.259 e. The monoisotopic (exact) mass is 477 g/mol. The summed E-state index contributed by atoms with van der Waals surface area (Å²) in [6, 6.07) is 0. The van der Waals surface area contributed by atoms with Crippen molar-refractivity contribution in [2.24, 2.45) is 0 Å². The number of amides is 1. The summed E-state index contributed by atoms with van der Waals surface area (Å²) in [7, 11) is 0. The minimum Gasteiger partial charge on any atom is -0.346 e. The Bertz CT molecular complexity index is 1150. The van der Waals surface area contributed by atoms with E-state index in [0.717, 1.165) is 52.2 Å². The zero-order valence-electron chi connectivity index (χ0n) is 18.2. The molecule has 166 valence electrons. The van der Waals surface area contributed by atoms with Gasteiger partial charge in [0.05, 0.1) is 22.1 Å². The van der Waals surface area contributed by atoms with Crippen LogP contribution in [-0.4, -0.2) is 57.2 Å². The Balaban J connectivity index is 1.36. The van der Waals surface area contributed by atoms with Gasteiger partial charge in [0.15, 0.2) is 5.13 Å². The molecule has 0 saturated carbocycles. The second-order valence-electron chi connectivity index (χ2n) is 7.87. The fourth-order valence-electron chi connectivity index (χ4n) is 3.72. The highest BCUT2D eigenvalue weighted by atomic mass is 32.2. The van der Waals surface area contributed by atoms with Crippen molar-refractivity contribution >= 4 is 55.7 Å². The summed E-state index contributed by atoms with van der Waals surface area (Å²) in [6.45, 7) is 11.1. The van der Waals surface area contributed by atoms with Crippen LogP contribution in [0.15, 0.2) is 10.2 Å². The highest BCUT2D eigenvalue weighted by Crippen LogP contribution is 2.27. The van der Waals surface area contributed by atoms with Gasteiger partial charge in [-0.15, -0.1) is 34.4 Å². The maximum atomic E-state index is 13.0. The standard InChI is InChI=1S/C21H27N5O2S3/c1-12-10-30-21(22-12)26-7-5-6-25(8-9-26)20(28)15(4)29-11-16-23-18(27)17-13(2)14(3)31-19(17)24-16/h10,15H,5-9,11H2,1-4H3,(H,23,24,27). The van der Waals surface area contributed by atoms with Gasteiger partial charge in [0, 0.05) is 36.4 Å². The van der Waals surface area contributed by atoms with Crippen LogP contribution in [0.4, 0.5) is 5.13 Å². The molecule has 4 heterocycles. The van der Waals surface area contributed by atoms with Gasteiger partial charge in [-0.1, -0.05) is 0 Å². The predicted molar refractivity (Wildman–Crippen MR) is 131 cm³/mol. The molecular formula is C21H27N5O2S3. The molecule has 31 heavy (non-hydrogen) atoms. The summed E-state index contributed by atoms with van der Waals surface area (Å²) in [5.41, 5.74) is 1.95. The lowest BCUT2D eigenvalue weighted by atomic mass is 10.2. The molecule has 1 amide bonds. The summed E-state index contributed by atoms with van der Waals surface area (Å²) in [5.74, 6) is 1.28. The Labute approximate surface area is 193 Å². The molecule has 0 aromatic carbocycles. The van der Waals surface area contributed by atoms with E-state index in [0.29, 0.717) is 23.5 Å². The average molecular weight is 478 g/mol. The number of aryl methyl sites for hydroxylation is 3. The molecule has 1 aliphatic rings. The molecule has 3 aromatic heterocycles. The molecule has 1 atom stereocenters. The van der Waals surface area contributed by atoms with E-state index in [1.54, 1.807) is 22.7 Å². The van der Waals surface area contributed by atoms with Gasteiger partial charge in [-0.25, -0.2) is 9.97 Å². The minimum atomic E-state index is -0.193. The Morgan fingerprint density at radius 1 is 1.23 bits per heavy atom. The molecule has 0 spiro atoms. The van der Waals surface area contributed by atoms with E-state index in [1.165, 1.54) is 11.8 Å². The van der Waals surface area contributed by atoms with Crippen LogP contribution in [0, 0.1) is 20.8 Å². The lowest BCUT2D eigenvalue weighted by Crippen LogP contribution is -2.39. The Kier molecular flexibility index (Phi) is 6.68. The SMILES string of the molecule is Cc1csc(N2CCCN(C(=O)C(C)SCc3nc4sc(C)c(C)c4c(=O)[nH]3)CC2)n1. The maximum absolute atomic E-state index is 13.0. The number of nitrogens with one attached hydrogen (secondary N) is 1. The van der Waals surface area contributed by atoms with Gasteiger partial charge >= 0.3 is 0 Å². The first-order valence-corrected chi connectivity index (χ1v) is 13.1. The molecule has 0 aliphatic carbocycles. The fraction of sp³-hybridized carbons (Fsp3) is 0.524. The van der Waals surface area contributed by atoms with Crippen LogP contribution < -0.4 is 10.5 Å². The first-order valence-electron chi connectivity index (χ1n) is 10.4. The van der Waals surface area contributed by atoms with Crippen LogP contribution >= 0.6 is 34.4 Å². The van der Waals surface area contributed by atoms with Gasteiger partial charge < -0.3 is 14.8 Å². The molecule has 0 radical (unpaired) electrons. The van der Waals surface area contributed by atoms with E-state index in [1.807, 2.05) is 32.6 Å². The third-order valence-electron chi connectivity index (χ3n) is 5.59. The molecule has 1 fully saturated rings. The van der Waals surface area contributed by atoms with Gasteiger partial charge in [-0.05, 0) is 39.7 Å². The number of fused-ring (bicyclic) bond motifs is 1. The first kappa shape index (κ1) is 22.3. The van der Waals surface area contributed by atoms with Gasteiger partial charge in [0.2, 0.25) is 5.91 Å². The van der Waals surface area contributed by atoms with Crippen molar-refractivity contribution in [3.05, 3.63) is 37.7 Å². The van der Waals surface area contributed by atoms with E-state index in [9.17, 15) is 9.59 Å². The van der Waals surface area contributed by atoms with Crippen LogP contribution in [0.1, 0.15) is 35.3 Å². The number of hydrogen-bond donors (Lipinski definition) is 1. The van der Waals surface area contributed by atoms with Crippen molar-refractivity contribution in [2.45, 2.75) is 45.1 Å². The summed E-state index contributed by atoms with van der Waals surface area (Å²) in [4.78, 5) is 43.7. The first-order chi connectivity index (χ1) is 14.8. The Morgan fingerprint density at radius 2 is 2.03 bits per heavy atom. The molecule has 7 nitrogen and oxygen atoms in total. The second kappa shape index (κ2) is 9.30. The Hall–Kier alpha value is -1.91. The smallest absolute Gasteiger partial charge is 0.259 e. The average Bonchev–Trinajstić information content (AvgIpc) is 3.18. The summed E-state index contributed by atoms with van der Waals surface area (Å²) in [5, 5.41) is 3.60. The van der Waals surface area contributed by atoms with Crippen LogP contribution in [0.2, 0.25) is 0 Å². The normalized spacial score (nSPS) is 16.0. The molecular weight excluding hydrogens is 450 g/mol. The van der Waals surface area contributed by atoms with Crippen molar-refractivity contribution in [1.82, 2.24) is 19.9 Å². The van der Waals surface area contributed by atoms with Crippen LogP contribution in [0.25, 0.3) is 10.2 Å². The van der Waals surface area contributed by atoms with Crippen molar-refractivity contribution in [3.8, 4) is 0 Å². The number of aromatic amines is 1. The van der Waals surface area contributed by atoms with Crippen LogP contribution in [-0.2, 0) is 10.5 Å². The number of thiazole rings is 1. The third-order valence-corrected chi connectivity index (χ3v) is 8.85. The molecule has 1 aliphatic heterocycles. The van der Waals surface area contributed by atoms with E-state index < -0.39 is 0 Å². The minimum absolute atomic E-state index is 0.0912. The van der Waals surface area contributed by atoms with E-state index in [4.69, 9.17) is 0 Å². The summed E-state index contributed by atoms with van der Waals surface area (Å²) >= 11 is 4.74. The molecule has 1 N–H and O–H groups in total. The van der Waals surface area contributed by atoms with Gasteiger partial charge in [0.25, 0.3) is 5.56 Å². The van der Waals surface area contributed by atoms with Crippen LogP contribution in [0.5, 0.6) is 0 Å². The van der Waals surface area contributed by atoms with Gasteiger partial charge in [-0.2, -0.15) is 0 Å². The highest BCUT2D eigenvalue weighted by molar-refractivity contribution is 7.99. The lowest BCUT2D eigenvalue weighted by Gasteiger charge is -2.24. The van der Waals surface area contributed by atoms with E-state index in [-0.39, 0.29) is 16.7 Å². The third kappa shape index (κ3) is 4.80. The number of nitrogens with zero attached hydrogens (tertiary/aromatic N) is 4. The molecule has 1 saturated heterocycles. The predicted octanol–water partition coefficient (Wildman–Crippen LogP) is 3.73. The molecule has 3 aromatic rings. The van der Waals surface area contributed by atoms with Crippen molar-refractivity contribution in [3.63, 3.8) is 0 Å². The molecule has 4 rings (SSSR count). The van der Waals surface area contributed by atoms with E-state index in [2.05, 4.69) is 25.2 Å². The number of hydrogen-bond acceptors (Lipinski definition) is 8. The zero-order valence-corrected chi connectivity index (χ0v) is 20.7. The van der Waals surface area contributed by atoms with Crippen molar-refractivity contribution < 1.29 is 4.79 Å². The number of carbonyl (C=O) groups is 1. The Morgan fingerprint density at radius 3 is 2.77 bits per heavy atom. The second-order valence-corrected chi connectivity index (χ2v) is 11.2. The number of aromatic nitrogens is 3. The largest absolute Gasteiger partial charge is 0.346 e. The molecule has 1 unspecified atom stereocenters. The fourth-order valence-corrected chi connectivity index (χ4v) is 6.46. The number of thioether (sulfide) groups is 1. The molecule has 0 bridgehead atoms. The zero-order chi connectivity index (χ0) is 22.1. The summed E-state index contributed by atoms with van der Waals surface area (Å²) < 4.78 is 0. The number of H-pyrrole nitrogens is 1. The lowest BCUT2D eigenvalue weighted by molar-refractivity contribution is -0.130. The number of carbonyl (C=O) groups excluding carboxylic acids is 1. The van der Waals surface area contributed by atoms with Gasteiger partial charge in [0.1, 0.15) is 10.7 Å². The number of rotatable bonds is 5. The molecule has 10 heteroatoms. The quantitative estimate of drug-likeness (QED) is 0.603. The van der Waals surface area contributed by atoms with E-state index >= 15 is 0 Å². The topological polar surface area (TPSA) is 82.2 Å². The van der Waals surface area contributed by atoms with Crippen molar-refractivity contribution in [2.75, 3.05) is 31.1 Å².